The molecule has 0 spiro atoms. The third-order valence-electron chi connectivity index (χ3n) is 8.38. The molecule has 4 aromatic rings. The summed E-state index contributed by atoms with van der Waals surface area (Å²) in [6, 6.07) is 9.96. The standard InChI is InChI=1S/C33H38FN7O2/c1-20(2)41-18-22(17-40-11-5-6-21(3)16-40)12-28(33(41)43)32(42)37-30-14-24(13-29(36-30)23-7-8-23)26-10-9-25(34)15-27(26)31-38-35-19-39(31)4/h9-10,12-15,18-21,23H,5-8,11,16-17H2,1-4H3,(H,36,37,42)/t21-/m0/s1. The van der Waals surface area contributed by atoms with Crippen molar-refractivity contribution in [3.05, 3.63) is 81.9 Å². The second kappa shape index (κ2) is 11.8. The number of carbonyl (C=O) groups excluding carboxylic acids is 1. The number of nitrogens with zero attached hydrogens (tertiary/aromatic N) is 6. The molecule has 0 unspecified atom stereocenters. The maximum atomic E-state index is 14.4. The summed E-state index contributed by atoms with van der Waals surface area (Å²) in [4.78, 5) is 34.4. The third kappa shape index (κ3) is 6.29. The van der Waals surface area contributed by atoms with Gasteiger partial charge in [0.05, 0.1) is 0 Å². The zero-order chi connectivity index (χ0) is 30.2. The van der Waals surface area contributed by atoms with Crippen LogP contribution in [0.5, 0.6) is 0 Å². The predicted molar refractivity (Wildman–Crippen MR) is 164 cm³/mol. The number of hydrogen-bond acceptors (Lipinski definition) is 6. The van der Waals surface area contributed by atoms with Gasteiger partial charge in [0.1, 0.15) is 23.5 Å². The Hall–Kier alpha value is -4.18. The summed E-state index contributed by atoms with van der Waals surface area (Å²) in [5.41, 5.74) is 3.67. The summed E-state index contributed by atoms with van der Waals surface area (Å²) in [5.74, 6) is 0.923. The van der Waals surface area contributed by atoms with E-state index >= 15 is 0 Å². The first-order chi connectivity index (χ1) is 20.7. The van der Waals surface area contributed by atoms with Crippen molar-refractivity contribution in [3.8, 4) is 22.5 Å². The van der Waals surface area contributed by atoms with E-state index in [-0.39, 0.29) is 23.0 Å². The third-order valence-corrected chi connectivity index (χ3v) is 8.38. The fourth-order valence-electron chi connectivity index (χ4n) is 6.01. The van der Waals surface area contributed by atoms with Crippen LogP contribution < -0.4 is 10.9 Å². The highest BCUT2D eigenvalue weighted by molar-refractivity contribution is 6.04. The van der Waals surface area contributed by atoms with Crippen LogP contribution in [0.15, 0.2) is 53.7 Å². The fraction of sp³-hybridized carbons (Fsp3) is 0.424. The molecule has 0 bridgehead atoms. The monoisotopic (exact) mass is 583 g/mol. The topological polar surface area (TPSA) is 97.9 Å². The van der Waals surface area contributed by atoms with E-state index in [1.165, 1.54) is 18.6 Å². The molecule has 10 heteroatoms. The molecule has 1 atom stereocenters. The zero-order valence-electron chi connectivity index (χ0n) is 25.2. The summed E-state index contributed by atoms with van der Waals surface area (Å²) < 4.78 is 17.8. The lowest BCUT2D eigenvalue weighted by molar-refractivity contribution is 0.102. The molecule has 1 aliphatic heterocycles. The molecule has 1 N–H and O–H groups in total. The van der Waals surface area contributed by atoms with Gasteiger partial charge in [0, 0.05) is 49.6 Å². The van der Waals surface area contributed by atoms with Gasteiger partial charge in [0.2, 0.25) is 0 Å². The molecule has 0 radical (unpaired) electrons. The Balaban J connectivity index is 1.36. The van der Waals surface area contributed by atoms with E-state index in [0.29, 0.717) is 35.6 Å². The maximum absolute atomic E-state index is 14.4. The number of rotatable bonds is 8. The molecule has 1 aliphatic carbocycles. The van der Waals surface area contributed by atoms with Gasteiger partial charge in [-0.2, -0.15) is 0 Å². The molecule has 4 heterocycles. The molecule has 6 rings (SSSR count). The summed E-state index contributed by atoms with van der Waals surface area (Å²) >= 11 is 0. The SMILES string of the molecule is CC(C)n1cc(CN2CCC[C@H](C)C2)cc(C(=O)Nc2cc(-c3ccc(F)cc3-c3nncn3C)cc(C3CC3)n2)c1=O. The van der Waals surface area contributed by atoms with Crippen LogP contribution in [0.3, 0.4) is 0 Å². The van der Waals surface area contributed by atoms with E-state index in [0.717, 1.165) is 54.7 Å². The molecule has 2 fully saturated rings. The van der Waals surface area contributed by atoms with E-state index in [2.05, 4.69) is 27.3 Å². The van der Waals surface area contributed by atoms with Gasteiger partial charge in [-0.15, -0.1) is 10.2 Å². The zero-order valence-corrected chi connectivity index (χ0v) is 25.2. The lowest BCUT2D eigenvalue weighted by Gasteiger charge is -2.31. The minimum absolute atomic E-state index is 0.0954. The summed E-state index contributed by atoms with van der Waals surface area (Å²) in [6.07, 6.45) is 7.86. The van der Waals surface area contributed by atoms with Gasteiger partial charge in [0.25, 0.3) is 11.5 Å². The van der Waals surface area contributed by atoms with Crippen LogP contribution in [-0.4, -0.2) is 48.2 Å². The average Bonchev–Trinajstić information content (AvgIpc) is 3.73. The first-order valence-corrected chi connectivity index (χ1v) is 15.1. The highest BCUT2D eigenvalue weighted by atomic mass is 19.1. The van der Waals surface area contributed by atoms with E-state index in [1.807, 2.05) is 33.2 Å². The fourth-order valence-corrected chi connectivity index (χ4v) is 6.01. The molecular weight excluding hydrogens is 545 g/mol. The average molecular weight is 584 g/mol. The summed E-state index contributed by atoms with van der Waals surface area (Å²) in [5, 5.41) is 11.1. The highest BCUT2D eigenvalue weighted by Crippen LogP contribution is 2.42. The molecule has 43 heavy (non-hydrogen) atoms. The minimum Gasteiger partial charge on any atom is -0.317 e. The normalized spacial score (nSPS) is 17.4. The van der Waals surface area contributed by atoms with Crippen LogP contribution in [-0.2, 0) is 13.6 Å². The predicted octanol–water partition coefficient (Wildman–Crippen LogP) is 5.79. The minimum atomic E-state index is -0.493. The second-order valence-corrected chi connectivity index (χ2v) is 12.4. The van der Waals surface area contributed by atoms with Gasteiger partial charge < -0.3 is 14.5 Å². The lowest BCUT2D eigenvalue weighted by Crippen LogP contribution is -2.35. The summed E-state index contributed by atoms with van der Waals surface area (Å²) in [6.45, 7) is 8.85. The van der Waals surface area contributed by atoms with Crippen molar-refractivity contribution < 1.29 is 9.18 Å². The molecule has 1 saturated heterocycles. The Bertz CT molecular complexity index is 1720. The smallest absolute Gasteiger partial charge is 0.263 e. The Kier molecular flexibility index (Phi) is 7.96. The van der Waals surface area contributed by atoms with Crippen molar-refractivity contribution in [1.29, 1.82) is 0 Å². The van der Waals surface area contributed by atoms with Crippen molar-refractivity contribution in [2.24, 2.45) is 13.0 Å². The number of pyridine rings is 2. The van der Waals surface area contributed by atoms with Gasteiger partial charge in [0.15, 0.2) is 5.82 Å². The van der Waals surface area contributed by atoms with Crippen LogP contribution in [0.1, 0.15) is 80.0 Å². The van der Waals surface area contributed by atoms with Crippen molar-refractivity contribution >= 4 is 11.7 Å². The molecular formula is C33H38FN7O2. The maximum Gasteiger partial charge on any atom is 0.263 e. The van der Waals surface area contributed by atoms with Gasteiger partial charge >= 0.3 is 0 Å². The van der Waals surface area contributed by atoms with Crippen LogP contribution >= 0.6 is 0 Å². The molecule has 2 aliphatic rings. The number of hydrogen-bond donors (Lipinski definition) is 1. The first-order valence-electron chi connectivity index (χ1n) is 15.1. The van der Waals surface area contributed by atoms with Crippen molar-refractivity contribution in [2.75, 3.05) is 18.4 Å². The number of nitrogens with one attached hydrogen (secondary N) is 1. The van der Waals surface area contributed by atoms with Crippen LogP contribution in [0.2, 0.25) is 0 Å². The Morgan fingerprint density at radius 1 is 1.12 bits per heavy atom. The summed E-state index contributed by atoms with van der Waals surface area (Å²) in [7, 11) is 1.81. The number of amides is 1. The molecule has 1 aromatic carbocycles. The van der Waals surface area contributed by atoms with E-state index in [9.17, 15) is 14.0 Å². The quantitative estimate of drug-likeness (QED) is 0.282. The lowest BCUT2D eigenvalue weighted by atomic mass is 9.98. The van der Waals surface area contributed by atoms with Gasteiger partial charge in [-0.3, -0.25) is 14.5 Å². The Labute approximate surface area is 250 Å². The molecule has 224 valence electrons. The molecule has 1 amide bonds. The number of carbonyl (C=O) groups is 1. The van der Waals surface area contributed by atoms with Gasteiger partial charge in [-0.1, -0.05) is 13.0 Å². The number of benzene rings is 1. The van der Waals surface area contributed by atoms with Gasteiger partial charge in [-0.25, -0.2) is 9.37 Å². The number of anilines is 1. The molecule has 3 aromatic heterocycles. The Morgan fingerprint density at radius 2 is 1.93 bits per heavy atom. The largest absolute Gasteiger partial charge is 0.317 e. The molecule has 9 nitrogen and oxygen atoms in total. The first kappa shape index (κ1) is 28.9. The van der Waals surface area contributed by atoms with Crippen molar-refractivity contribution in [1.82, 2.24) is 29.2 Å². The van der Waals surface area contributed by atoms with E-state index in [1.54, 1.807) is 33.7 Å². The number of likely N-dealkylation sites (tertiary alicyclic amines) is 1. The van der Waals surface area contributed by atoms with Crippen LogP contribution in [0, 0.1) is 11.7 Å². The number of halogens is 1. The van der Waals surface area contributed by atoms with Crippen molar-refractivity contribution in [3.63, 3.8) is 0 Å². The number of piperidine rings is 1. The van der Waals surface area contributed by atoms with Crippen molar-refractivity contribution in [2.45, 2.75) is 65.0 Å². The highest BCUT2D eigenvalue weighted by Gasteiger charge is 2.27. The van der Waals surface area contributed by atoms with E-state index < -0.39 is 5.91 Å². The second-order valence-electron chi connectivity index (χ2n) is 12.4. The van der Waals surface area contributed by atoms with Crippen LogP contribution in [0.4, 0.5) is 10.2 Å². The van der Waals surface area contributed by atoms with Crippen LogP contribution in [0.25, 0.3) is 22.5 Å². The Morgan fingerprint density at radius 3 is 2.63 bits per heavy atom. The molecule has 1 saturated carbocycles. The van der Waals surface area contributed by atoms with Gasteiger partial charge in [-0.05, 0) is 99.0 Å². The van der Waals surface area contributed by atoms with E-state index in [4.69, 9.17) is 4.98 Å². The number of aromatic nitrogens is 5. The number of aryl methyl sites for hydroxylation is 1.